The van der Waals surface area contributed by atoms with Crippen molar-refractivity contribution in [3.8, 4) is 0 Å². The molecule has 4 atom stereocenters. The fourth-order valence-corrected chi connectivity index (χ4v) is 5.14. The van der Waals surface area contributed by atoms with E-state index in [4.69, 9.17) is 17.3 Å². The van der Waals surface area contributed by atoms with Gasteiger partial charge in [-0.25, -0.2) is 0 Å². The minimum absolute atomic E-state index is 0.216. The van der Waals surface area contributed by atoms with Crippen LogP contribution in [0.2, 0.25) is 4.34 Å². The maximum absolute atomic E-state index is 6.41. The summed E-state index contributed by atoms with van der Waals surface area (Å²) < 4.78 is 0.877. The SMILES string of the molecule is CCC(N)C(c1ccc(Cl)s1)N1CC2CCCC2C1. The highest BCUT2D eigenvalue weighted by atomic mass is 35.5. The second-order valence-corrected chi connectivity index (χ2v) is 7.81. The van der Waals surface area contributed by atoms with Gasteiger partial charge in [0.25, 0.3) is 0 Å². The summed E-state index contributed by atoms with van der Waals surface area (Å²) in [5, 5.41) is 0. The molecule has 4 heteroatoms. The lowest BCUT2D eigenvalue weighted by Crippen LogP contribution is -2.39. The van der Waals surface area contributed by atoms with Crippen LogP contribution in [0.5, 0.6) is 0 Å². The van der Waals surface area contributed by atoms with Crippen molar-refractivity contribution in [1.82, 2.24) is 4.90 Å². The van der Waals surface area contributed by atoms with Crippen LogP contribution in [0.25, 0.3) is 0 Å². The molecule has 2 heterocycles. The van der Waals surface area contributed by atoms with E-state index in [1.54, 1.807) is 11.3 Å². The fourth-order valence-electron chi connectivity index (χ4n) is 3.87. The lowest BCUT2D eigenvalue weighted by molar-refractivity contribution is 0.197. The van der Waals surface area contributed by atoms with Crippen molar-refractivity contribution in [2.75, 3.05) is 13.1 Å². The van der Waals surface area contributed by atoms with Gasteiger partial charge in [-0.3, -0.25) is 4.90 Å². The van der Waals surface area contributed by atoms with Crippen LogP contribution in [0.15, 0.2) is 12.1 Å². The molecular weight excluding hydrogens is 276 g/mol. The average Bonchev–Trinajstić information content (AvgIpc) is 3.05. The third-order valence-electron chi connectivity index (χ3n) is 4.91. The molecule has 1 saturated heterocycles. The second-order valence-electron chi connectivity index (χ2n) is 6.06. The molecule has 0 aromatic carbocycles. The van der Waals surface area contributed by atoms with Crippen LogP contribution in [0.3, 0.4) is 0 Å². The molecule has 0 spiro atoms. The molecule has 1 aromatic rings. The Morgan fingerprint density at radius 2 is 2.05 bits per heavy atom. The van der Waals surface area contributed by atoms with E-state index in [1.807, 2.05) is 6.07 Å². The van der Waals surface area contributed by atoms with Crippen LogP contribution in [-0.4, -0.2) is 24.0 Å². The zero-order valence-corrected chi connectivity index (χ0v) is 13.1. The predicted molar refractivity (Wildman–Crippen MR) is 82.7 cm³/mol. The monoisotopic (exact) mass is 298 g/mol. The van der Waals surface area contributed by atoms with E-state index < -0.39 is 0 Å². The van der Waals surface area contributed by atoms with Crippen molar-refractivity contribution in [3.63, 3.8) is 0 Å². The van der Waals surface area contributed by atoms with Gasteiger partial charge in [-0.1, -0.05) is 24.9 Å². The number of likely N-dealkylation sites (tertiary alicyclic amines) is 1. The van der Waals surface area contributed by atoms with Crippen LogP contribution < -0.4 is 5.73 Å². The first-order valence-corrected chi connectivity index (χ1v) is 8.63. The van der Waals surface area contributed by atoms with Crippen molar-refractivity contribution >= 4 is 22.9 Å². The summed E-state index contributed by atoms with van der Waals surface area (Å²) in [6, 6.07) is 4.76. The minimum atomic E-state index is 0.216. The molecule has 2 fully saturated rings. The lowest BCUT2D eigenvalue weighted by atomic mass is 10.0. The third-order valence-corrected chi connectivity index (χ3v) is 6.21. The third kappa shape index (κ3) is 2.71. The first-order valence-electron chi connectivity index (χ1n) is 7.44. The second kappa shape index (κ2) is 5.72. The molecule has 1 aromatic heterocycles. The van der Waals surface area contributed by atoms with E-state index in [9.17, 15) is 0 Å². The highest BCUT2D eigenvalue weighted by molar-refractivity contribution is 7.16. The molecule has 0 bridgehead atoms. The van der Waals surface area contributed by atoms with E-state index in [0.29, 0.717) is 6.04 Å². The number of thiophene rings is 1. The van der Waals surface area contributed by atoms with Gasteiger partial charge in [0.05, 0.1) is 10.4 Å². The molecule has 106 valence electrons. The van der Waals surface area contributed by atoms with Crippen LogP contribution in [0, 0.1) is 11.8 Å². The Morgan fingerprint density at radius 3 is 2.58 bits per heavy atom. The Morgan fingerprint density at radius 1 is 1.37 bits per heavy atom. The van der Waals surface area contributed by atoms with Crippen LogP contribution in [0.4, 0.5) is 0 Å². The van der Waals surface area contributed by atoms with Gasteiger partial charge in [-0.05, 0) is 43.2 Å². The summed E-state index contributed by atoms with van der Waals surface area (Å²) in [5.74, 6) is 1.84. The fraction of sp³-hybridized carbons (Fsp3) is 0.733. The molecule has 4 unspecified atom stereocenters. The lowest BCUT2D eigenvalue weighted by Gasteiger charge is -2.32. The Kier molecular flexibility index (Phi) is 4.18. The normalized spacial score (nSPS) is 30.5. The van der Waals surface area contributed by atoms with E-state index in [2.05, 4.69) is 17.9 Å². The van der Waals surface area contributed by atoms with Crippen molar-refractivity contribution in [2.45, 2.75) is 44.7 Å². The van der Waals surface area contributed by atoms with Crippen molar-refractivity contribution in [3.05, 3.63) is 21.3 Å². The van der Waals surface area contributed by atoms with Gasteiger partial charge in [-0.2, -0.15) is 0 Å². The number of rotatable bonds is 4. The average molecular weight is 299 g/mol. The Hall–Kier alpha value is -0.0900. The Balaban J connectivity index is 1.80. The number of hydrogen-bond acceptors (Lipinski definition) is 3. The maximum Gasteiger partial charge on any atom is 0.0931 e. The minimum Gasteiger partial charge on any atom is -0.326 e. The molecule has 2 aliphatic rings. The highest BCUT2D eigenvalue weighted by Crippen LogP contribution is 2.43. The molecule has 1 saturated carbocycles. The molecule has 1 aliphatic carbocycles. The zero-order chi connectivity index (χ0) is 13.4. The van der Waals surface area contributed by atoms with Crippen LogP contribution >= 0.6 is 22.9 Å². The topological polar surface area (TPSA) is 29.3 Å². The number of nitrogens with zero attached hydrogens (tertiary/aromatic N) is 1. The molecule has 2 N–H and O–H groups in total. The zero-order valence-electron chi connectivity index (χ0n) is 11.5. The molecule has 2 nitrogen and oxygen atoms in total. The largest absolute Gasteiger partial charge is 0.326 e. The van der Waals surface area contributed by atoms with Gasteiger partial charge < -0.3 is 5.73 Å². The highest BCUT2D eigenvalue weighted by Gasteiger charge is 2.40. The molecule has 0 radical (unpaired) electrons. The maximum atomic E-state index is 6.41. The van der Waals surface area contributed by atoms with E-state index in [0.717, 1.165) is 22.6 Å². The van der Waals surface area contributed by atoms with Gasteiger partial charge in [0, 0.05) is 24.0 Å². The molecular formula is C15H23ClN2S. The van der Waals surface area contributed by atoms with Gasteiger partial charge >= 0.3 is 0 Å². The smallest absolute Gasteiger partial charge is 0.0931 e. The van der Waals surface area contributed by atoms with Gasteiger partial charge in [-0.15, -0.1) is 11.3 Å². The van der Waals surface area contributed by atoms with Crippen molar-refractivity contribution in [1.29, 1.82) is 0 Å². The number of hydrogen-bond donors (Lipinski definition) is 1. The molecule has 3 rings (SSSR count). The van der Waals surface area contributed by atoms with E-state index in [1.165, 1.54) is 37.2 Å². The molecule has 0 amide bonds. The van der Waals surface area contributed by atoms with Gasteiger partial charge in [0.2, 0.25) is 0 Å². The Labute approximate surface area is 124 Å². The Bertz CT molecular complexity index is 422. The number of halogens is 1. The predicted octanol–water partition coefficient (Wildman–Crippen LogP) is 3.91. The van der Waals surface area contributed by atoms with E-state index in [-0.39, 0.29) is 6.04 Å². The number of nitrogens with two attached hydrogens (primary N) is 1. The molecule has 19 heavy (non-hydrogen) atoms. The first-order chi connectivity index (χ1) is 9.19. The van der Waals surface area contributed by atoms with Gasteiger partial charge in [0.1, 0.15) is 0 Å². The summed E-state index contributed by atoms with van der Waals surface area (Å²) in [4.78, 5) is 3.98. The van der Waals surface area contributed by atoms with Crippen molar-refractivity contribution in [2.24, 2.45) is 17.6 Å². The van der Waals surface area contributed by atoms with Gasteiger partial charge in [0.15, 0.2) is 0 Å². The summed E-state index contributed by atoms with van der Waals surface area (Å²) in [5.41, 5.74) is 6.41. The van der Waals surface area contributed by atoms with Crippen LogP contribution in [-0.2, 0) is 0 Å². The summed E-state index contributed by atoms with van der Waals surface area (Å²) in [6.45, 7) is 4.65. The first kappa shape index (κ1) is 13.9. The van der Waals surface area contributed by atoms with Crippen molar-refractivity contribution < 1.29 is 0 Å². The van der Waals surface area contributed by atoms with E-state index >= 15 is 0 Å². The summed E-state index contributed by atoms with van der Waals surface area (Å²) in [6.07, 6.45) is 5.28. The molecule has 1 aliphatic heterocycles. The van der Waals surface area contributed by atoms with Crippen LogP contribution in [0.1, 0.15) is 43.5 Å². The number of fused-ring (bicyclic) bond motifs is 1. The standard InChI is InChI=1S/C15H23ClN2S/c1-2-12(17)15(13-6-7-14(16)19-13)18-8-10-4-3-5-11(10)9-18/h6-7,10-12,15H,2-5,8-9,17H2,1H3. The quantitative estimate of drug-likeness (QED) is 0.913. The summed E-state index contributed by atoms with van der Waals surface area (Å²) >= 11 is 7.81. The summed E-state index contributed by atoms with van der Waals surface area (Å²) in [7, 11) is 0.